The van der Waals surface area contributed by atoms with Gasteiger partial charge < -0.3 is 14.7 Å². The quantitative estimate of drug-likeness (QED) is 0.774. The van der Waals surface area contributed by atoms with Crippen LogP contribution in [0.25, 0.3) is 0 Å². The van der Waals surface area contributed by atoms with Gasteiger partial charge in [-0.05, 0) is 23.8 Å². The third-order valence-corrected chi connectivity index (χ3v) is 4.99. The number of hydrogen-bond donors (Lipinski definition) is 1. The monoisotopic (exact) mass is 431 g/mol. The summed E-state index contributed by atoms with van der Waals surface area (Å²) in [5.74, 6) is -1.77. The second-order valence-electron chi connectivity index (χ2n) is 5.84. The summed E-state index contributed by atoms with van der Waals surface area (Å²) >= 11 is 3.66. The average molecular weight is 432 g/mol. The maximum absolute atomic E-state index is 12.8. The van der Waals surface area contributed by atoms with E-state index in [0.717, 1.165) is 12.1 Å². The summed E-state index contributed by atoms with van der Waals surface area (Å²) in [5, 5.41) is 0.466. The molecule has 0 spiro atoms. The average Bonchev–Trinajstić information content (AvgIpc) is 2.90. The molecular formula is C18H13ClF3NO4S. The maximum atomic E-state index is 12.8. The zero-order valence-corrected chi connectivity index (χ0v) is 15.6. The molecule has 2 atom stereocenters. The van der Waals surface area contributed by atoms with Crippen molar-refractivity contribution in [3.63, 3.8) is 0 Å². The van der Waals surface area contributed by atoms with Gasteiger partial charge in [-0.15, -0.1) is 0 Å². The number of alkyl halides is 3. The lowest BCUT2D eigenvalue weighted by molar-refractivity contribution is -0.137. The number of carbonyl (C=O) groups is 1. The molecule has 2 N–H and O–H groups in total. The number of nitrogens with two attached hydrogens (primary N) is 1. The SMILES string of the molecule is NC1=C(OS(=O)Cc2cccc(C(F)(F)F)c2)C(=O)C(c2ccc(Cl)cc2)O1. The number of ketones is 1. The van der Waals surface area contributed by atoms with Gasteiger partial charge in [-0.1, -0.05) is 41.9 Å². The Morgan fingerprint density at radius 3 is 2.50 bits per heavy atom. The number of ether oxygens (including phenoxy) is 1. The van der Waals surface area contributed by atoms with E-state index < -0.39 is 40.5 Å². The first-order valence-electron chi connectivity index (χ1n) is 7.84. The van der Waals surface area contributed by atoms with Crippen molar-refractivity contribution in [2.24, 2.45) is 5.73 Å². The van der Waals surface area contributed by atoms with Crippen LogP contribution >= 0.6 is 11.6 Å². The highest BCUT2D eigenvalue weighted by molar-refractivity contribution is 7.79. The van der Waals surface area contributed by atoms with Crippen LogP contribution in [0.1, 0.15) is 22.8 Å². The van der Waals surface area contributed by atoms with E-state index in [1.165, 1.54) is 12.1 Å². The first-order chi connectivity index (χ1) is 13.1. The molecule has 0 bridgehead atoms. The fraction of sp³-hybridized carbons (Fsp3) is 0.167. The lowest BCUT2D eigenvalue weighted by Crippen LogP contribution is -2.13. The summed E-state index contributed by atoms with van der Waals surface area (Å²) in [6.07, 6.45) is -5.59. The molecule has 10 heteroatoms. The van der Waals surface area contributed by atoms with Gasteiger partial charge in [0.2, 0.25) is 28.5 Å². The van der Waals surface area contributed by atoms with E-state index in [9.17, 15) is 22.2 Å². The molecule has 148 valence electrons. The van der Waals surface area contributed by atoms with Gasteiger partial charge in [0.25, 0.3) is 0 Å². The Balaban J connectivity index is 1.69. The number of benzene rings is 2. The lowest BCUT2D eigenvalue weighted by atomic mass is 10.1. The molecule has 0 fully saturated rings. The van der Waals surface area contributed by atoms with E-state index in [2.05, 4.69) is 0 Å². The Bertz CT molecular complexity index is 960. The summed E-state index contributed by atoms with van der Waals surface area (Å²) in [6.45, 7) is 0. The van der Waals surface area contributed by atoms with Gasteiger partial charge in [-0.3, -0.25) is 4.79 Å². The maximum Gasteiger partial charge on any atom is 0.416 e. The molecule has 0 saturated heterocycles. The van der Waals surface area contributed by atoms with Crippen LogP contribution in [0.2, 0.25) is 5.02 Å². The van der Waals surface area contributed by atoms with Gasteiger partial charge in [-0.25, -0.2) is 4.21 Å². The first kappa shape index (κ1) is 20.2. The van der Waals surface area contributed by atoms with E-state index in [-0.39, 0.29) is 17.2 Å². The van der Waals surface area contributed by atoms with Crippen molar-refractivity contribution < 1.29 is 31.1 Å². The molecule has 0 saturated carbocycles. The number of carbonyl (C=O) groups excluding carboxylic acids is 1. The molecule has 1 heterocycles. The minimum atomic E-state index is -4.52. The summed E-state index contributed by atoms with van der Waals surface area (Å²) < 4.78 is 60.9. The number of hydrogen-bond acceptors (Lipinski definition) is 5. The molecule has 5 nitrogen and oxygen atoms in total. The van der Waals surface area contributed by atoms with Gasteiger partial charge in [0, 0.05) is 10.6 Å². The predicted molar refractivity (Wildman–Crippen MR) is 95.9 cm³/mol. The summed E-state index contributed by atoms with van der Waals surface area (Å²) in [6, 6.07) is 10.6. The van der Waals surface area contributed by atoms with Gasteiger partial charge in [-0.2, -0.15) is 13.2 Å². The van der Waals surface area contributed by atoms with E-state index in [1.54, 1.807) is 24.3 Å². The van der Waals surface area contributed by atoms with Crippen molar-refractivity contribution in [1.29, 1.82) is 0 Å². The predicted octanol–water partition coefficient (Wildman–Crippen LogP) is 4.01. The minimum Gasteiger partial charge on any atom is -0.460 e. The normalized spacial score (nSPS) is 18.1. The van der Waals surface area contributed by atoms with Crippen LogP contribution in [0.15, 0.2) is 60.2 Å². The molecule has 0 aliphatic carbocycles. The molecule has 2 aromatic carbocycles. The molecule has 0 aromatic heterocycles. The molecule has 1 aliphatic heterocycles. The van der Waals surface area contributed by atoms with Crippen LogP contribution in [0.5, 0.6) is 0 Å². The first-order valence-corrected chi connectivity index (χ1v) is 9.46. The molecule has 2 unspecified atom stereocenters. The number of halogens is 4. The highest BCUT2D eigenvalue weighted by atomic mass is 35.5. The van der Waals surface area contributed by atoms with E-state index in [0.29, 0.717) is 10.6 Å². The Morgan fingerprint density at radius 1 is 1.18 bits per heavy atom. The van der Waals surface area contributed by atoms with Crippen LogP contribution in [0.3, 0.4) is 0 Å². The molecule has 1 aliphatic rings. The Morgan fingerprint density at radius 2 is 1.86 bits per heavy atom. The van der Waals surface area contributed by atoms with Crippen molar-refractivity contribution >= 4 is 28.5 Å². The largest absolute Gasteiger partial charge is 0.460 e. The van der Waals surface area contributed by atoms with Crippen LogP contribution in [-0.4, -0.2) is 9.99 Å². The number of Topliss-reactive ketones (excluding diaryl/α,β-unsaturated/α-hetero) is 1. The Hall–Kier alpha value is -2.52. The van der Waals surface area contributed by atoms with Crippen molar-refractivity contribution in [2.75, 3.05) is 0 Å². The fourth-order valence-electron chi connectivity index (χ4n) is 2.51. The van der Waals surface area contributed by atoms with E-state index >= 15 is 0 Å². The van der Waals surface area contributed by atoms with Crippen molar-refractivity contribution in [1.82, 2.24) is 0 Å². The van der Waals surface area contributed by atoms with Crippen LogP contribution < -0.4 is 5.73 Å². The second kappa shape index (κ2) is 7.84. The van der Waals surface area contributed by atoms with Crippen LogP contribution in [0.4, 0.5) is 13.2 Å². The third kappa shape index (κ3) is 4.48. The van der Waals surface area contributed by atoms with Crippen molar-refractivity contribution in [3.8, 4) is 0 Å². The molecule has 0 radical (unpaired) electrons. The molecule has 0 amide bonds. The highest BCUT2D eigenvalue weighted by Gasteiger charge is 2.38. The van der Waals surface area contributed by atoms with Crippen LogP contribution in [0, 0.1) is 0 Å². The Labute approximate surface area is 165 Å². The van der Waals surface area contributed by atoms with Gasteiger partial charge in [0.1, 0.15) is 0 Å². The van der Waals surface area contributed by atoms with Crippen molar-refractivity contribution in [3.05, 3.63) is 81.9 Å². The number of rotatable bonds is 5. The topological polar surface area (TPSA) is 78.6 Å². The molecule has 3 rings (SSSR count). The molecule has 2 aromatic rings. The van der Waals surface area contributed by atoms with Gasteiger partial charge in [0.05, 0.1) is 11.3 Å². The standard InChI is InChI=1S/C18H13ClF3NO4S/c19-13-6-4-11(5-7-13)15-14(24)16(17(23)26-15)27-28(25)9-10-2-1-3-12(8-10)18(20,21)22/h1-8,15H,9,23H2. The smallest absolute Gasteiger partial charge is 0.416 e. The summed E-state index contributed by atoms with van der Waals surface area (Å²) in [7, 11) is 0. The lowest BCUT2D eigenvalue weighted by Gasteiger charge is -2.10. The third-order valence-electron chi connectivity index (χ3n) is 3.82. The van der Waals surface area contributed by atoms with Gasteiger partial charge >= 0.3 is 6.18 Å². The van der Waals surface area contributed by atoms with E-state index in [1.807, 2.05) is 0 Å². The Kier molecular flexibility index (Phi) is 5.66. The fourth-order valence-corrected chi connectivity index (χ4v) is 3.50. The highest BCUT2D eigenvalue weighted by Crippen LogP contribution is 2.33. The molecule has 28 heavy (non-hydrogen) atoms. The zero-order valence-electron chi connectivity index (χ0n) is 14.0. The summed E-state index contributed by atoms with van der Waals surface area (Å²) in [4.78, 5) is 12.5. The minimum absolute atomic E-state index is 0.132. The molecular weight excluding hydrogens is 419 g/mol. The zero-order chi connectivity index (χ0) is 20.5. The van der Waals surface area contributed by atoms with E-state index in [4.69, 9.17) is 26.3 Å². The van der Waals surface area contributed by atoms with Crippen molar-refractivity contribution in [2.45, 2.75) is 18.0 Å². The summed E-state index contributed by atoms with van der Waals surface area (Å²) in [5.41, 5.74) is 5.38. The second-order valence-corrected chi connectivity index (χ2v) is 7.34. The van der Waals surface area contributed by atoms with Gasteiger partial charge in [0.15, 0.2) is 6.10 Å². The van der Waals surface area contributed by atoms with Crippen LogP contribution in [-0.2, 0) is 36.7 Å².